The van der Waals surface area contributed by atoms with E-state index in [0.29, 0.717) is 6.04 Å². The van der Waals surface area contributed by atoms with Gasteiger partial charge in [0.25, 0.3) is 0 Å². The molecule has 0 saturated carbocycles. The predicted octanol–water partition coefficient (Wildman–Crippen LogP) is 2.20. The Kier molecular flexibility index (Phi) is 1.72. The number of pyridine rings is 1. The van der Waals surface area contributed by atoms with Gasteiger partial charge in [-0.25, -0.2) is 0 Å². The van der Waals surface area contributed by atoms with Crippen LogP contribution in [0.15, 0.2) is 24.4 Å². The Morgan fingerprint density at radius 2 is 2.23 bits per heavy atom. The molecule has 13 heavy (non-hydrogen) atoms. The van der Waals surface area contributed by atoms with Crippen molar-refractivity contribution < 1.29 is 0 Å². The summed E-state index contributed by atoms with van der Waals surface area (Å²) in [5.41, 5.74) is 7.95. The lowest BCUT2D eigenvalue weighted by Crippen LogP contribution is -2.04. The van der Waals surface area contributed by atoms with Crippen LogP contribution in [0.2, 0.25) is 0 Å². The van der Waals surface area contributed by atoms with Crippen molar-refractivity contribution in [2.24, 2.45) is 0 Å². The minimum atomic E-state index is 0.377. The molecule has 2 aromatic heterocycles. The van der Waals surface area contributed by atoms with Crippen LogP contribution < -0.4 is 5.73 Å². The molecule has 0 radical (unpaired) electrons. The Hall–Kier alpha value is -1.51. The monoisotopic (exact) mass is 175 g/mol. The molecule has 68 valence electrons. The number of hydrogen-bond acceptors (Lipinski definition) is 2. The van der Waals surface area contributed by atoms with Crippen molar-refractivity contribution in [2.45, 2.75) is 19.9 Å². The molecule has 0 aliphatic carbocycles. The molecule has 0 aromatic carbocycles. The Bertz CT molecular complexity index is 429. The van der Waals surface area contributed by atoms with E-state index in [1.165, 1.54) is 0 Å². The highest BCUT2D eigenvalue weighted by molar-refractivity contribution is 5.80. The molecular weight excluding hydrogens is 162 g/mol. The Balaban J connectivity index is 2.78. The third-order valence-corrected chi connectivity index (χ3v) is 2.15. The lowest BCUT2D eigenvalue weighted by molar-refractivity contribution is 0.631. The van der Waals surface area contributed by atoms with E-state index in [9.17, 15) is 0 Å². The summed E-state index contributed by atoms with van der Waals surface area (Å²) in [6.45, 7) is 4.23. The van der Waals surface area contributed by atoms with Gasteiger partial charge in [0.05, 0.1) is 11.0 Å². The van der Waals surface area contributed by atoms with E-state index in [1.54, 1.807) is 6.20 Å². The first-order valence-corrected chi connectivity index (χ1v) is 4.41. The number of nitrogen functional groups attached to an aromatic ring is 1. The predicted molar refractivity (Wildman–Crippen MR) is 54.5 cm³/mol. The van der Waals surface area contributed by atoms with Crippen molar-refractivity contribution in [1.29, 1.82) is 0 Å². The zero-order valence-electron chi connectivity index (χ0n) is 7.86. The molecule has 0 atom stereocenters. The summed E-state index contributed by atoms with van der Waals surface area (Å²) >= 11 is 0. The molecule has 0 fully saturated rings. The molecule has 2 heterocycles. The average Bonchev–Trinajstić information content (AvgIpc) is 2.39. The Labute approximate surface area is 77.2 Å². The molecular formula is C10H13N3. The second kappa shape index (κ2) is 2.76. The fraction of sp³-hybridized carbons (Fsp3) is 0.300. The molecule has 0 spiro atoms. The molecule has 0 bridgehead atoms. The smallest absolute Gasteiger partial charge is 0.106 e. The highest BCUT2D eigenvalue weighted by Crippen LogP contribution is 2.23. The summed E-state index contributed by atoms with van der Waals surface area (Å²) in [7, 11) is 0. The fourth-order valence-electron chi connectivity index (χ4n) is 1.65. The third kappa shape index (κ3) is 1.16. The summed E-state index contributed by atoms with van der Waals surface area (Å²) in [5, 5.41) is 0. The number of rotatable bonds is 1. The van der Waals surface area contributed by atoms with E-state index in [0.717, 1.165) is 16.9 Å². The second-order valence-electron chi connectivity index (χ2n) is 3.44. The quantitative estimate of drug-likeness (QED) is 0.722. The maximum Gasteiger partial charge on any atom is 0.106 e. The topological polar surface area (TPSA) is 43.8 Å². The standard InChI is InChI=1S/C10H13N3/c1-7(2)13-9-4-3-5-12-8(9)6-10(13)11/h3-7H,11H2,1-2H3. The van der Waals surface area contributed by atoms with E-state index >= 15 is 0 Å². The second-order valence-corrected chi connectivity index (χ2v) is 3.44. The average molecular weight is 175 g/mol. The molecule has 3 nitrogen and oxygen atoms in total. The van der Waals surface area contributed by atoms with Crippen LogP contribution >= 0.6 is 0 Å². The van der Waals surface area contributed by atoms with Gasteiger partial charge in [0, 0.05) is 18.3 Å². The van der Waals surface area contributed by atoms with Gasteiger partial charge < -0.3 is 10.3 Å². The molecule has 3 heteroatoms. The molecule has 0 saturated heterocycles. The maximum absolute atomic E-state index is 5.88. The van der Waals surface area contributed by atoms with Crippen LogP contribution in [-0.2, 0) is 0 Å². The van der Waals surface area contributed by atoms with Gasteiger partial charge in [-0.1, -0.05) is 0 Å². The van der Waals surface area contributed by atoms with Crippen molar-refractivity contribution in [3.05, 3.63) is 24.4 Å². The largest absolute Gasteiger partial charge is 0.385 e. The van der Waals surface area contributed by atoms with Gasteiger partial charge in [0.2, 0.25) is 0 Å². The van der Waals surface area contributed by atoms with Gasteiger partial charge in [-0.2, -0.15) is 0 Å². The maximum atomic E-state index is 5.88. The van der Waals surface area contributed by atoms with Crippen LogP contribution in [0.3, 0.4) is 0 Å². The van der Waals surface area contributed by atoms with Gasteiger partial charge in [-0.3, -0.25) is 4.98 Å². The molecule has 2 N–H and O–H groups in total. The van der Waals surface area contributed by atoms with Crippen molar-refractivity contribution in [2.75, 3.05) is 5.73 Å². The summed E-state index contributed by atoms with van der Waals surface area (Å²) in [5.74, 6) is 0.781. The zero-order valence-corrected chi connectivity index (χ0v) is 7.86. The summed E-state index contributed by atoms with van der Waals surface area (Å²) in [4.78, 5) is 4.24. The lowest BCUT2D eigenvalue weighted by atomic mass is 10.3. The molecule has 0 aliphatic heterocycles. The van der Waals surface area contributed by atoms with Crippen molar-refractivity contribution in [3.63, 3.8) is 0 Å². The van der Waals surface area contributed by atoms with E-state index in [4.69, 9.17) is 5.73 Å². The summed E-state index contributed by atoms with van der Waals surface area (Å²) in [6.07, 6.45) is 1.78. The molecule has 0 unspecified atom stereocenters. The highest BCUT2D eigenvalue weighted by atomic mass is 15.1. The Morgan fingerprint density at radius 1 is 1.46 bits per heavy atom. The number of hydrogen-bond donors (Lipinski definition) is 1. The van der Waals surface area contributed by atoms with Crippen LogP contribution in [0, 0.1) is 0 Å². The molecule has 0 aliphatic rings. The van der Waals surface area contributed by atoms with Crippen LogP contribution in [0.5, 0.6) is 0 Å². The van der Waals surface area contributed by atoms with E-state index in [2.05, 4.69) is 23.4 Å². The summed E-state index contributed by atoms with van der Waals surface area (Å²) in [6, 6.07) is 6.26. The van der Waals surface area contributed by atoms with Crippen molar-refractivity contribution in [1.82, 2.24) is 9.55 Å². The normalized spacial score (nSPS) is 11.3. The number of aromatic nitrogens is 2. The first-order valence-electron chi connectivity index (χ1n) is 4.41. The van der Waals surface area contributed by atoms with E-state index in [-0.39, 0.29) is 0 Å². The minimum Gasteiger partial charge on any atom is -0.385 e. The number of nitrogens with two attached hydrogens (primary N) is 1. The third-order valence-electron chi connectivity index (χ3n) is 2.15. The molecule has 2 aromatic rings. The number of nitrogens with zero attached hydrogens (tertiary/aromatic N) is 2. The molecule has 2 rings (SSSR count). The van der Waals surface area contributed by atoms with Gasteiger partial charge in [-0.05, 0) is 26.0 Å². The van der Waals surface area contributed by atoms with Crippen molar-refractivity contribution in [3.8, 4) is 0 Å². The van der Waals surface area contributed by atoms with E-state index < -0.39 is 0 Å². The number of fused-ring (bicyclic) bond motifs is 1. The van der Waals surface area contributed by atoms with Crippen LogP contribution in [0.25, 0.3) is 11.0 Å². The van der Waals surface area contributed by atoms with Gasteiger partial charge in [0.1, 0.15) is 5.82 Å². The van der Waals surface area contributed by atoms with Crippen molar-refractivity contribution >= 4 is 16.9 Å². The SMILES string of the molecule is CC(C)n1c(N)cc2ncccc21. The lowest BCUT2D eigenvalue weighted by Gasteiger charge is -2.10. The Morgan fingerprint density at radius 3 is 2.92 bits per heavy atom. The number of anilines is 1. The zero-order chi connectivity index (χ0) is 9.42. The van der Waals surface area contributed by atoms with Gasteiger partial charge in [-0.15, -0.1) is 0 Å². The highest BCUT2D eigenvalue weighted by Gasteiger charge is 2.08. The van der Waals surface area contributed by atoms with E-state index in [1.807, 2.05) is 18.2 Å². The fourth-order valence-corrected chi connectivity index (χ4v) is 1.65. The molecule has 0 amide bonds. The van der Waals surface area contributed by atoms with Crippen LogP contribution in [0.1, 0.15) is 19.9 Å². The van der Waals surface area contributed by atoms with Gasteiger partial charge >= 0.3 is 0 Å². The first-order chi connectivity index (χ1) is 6.20. The first kappa shape index (κ1) is 8.10. The van der Waals surface area contributed by atoms with Crippen LogP contribution in [-0.4, -0.2) is 9.55 Å². The summed E-state index contributed by atoms with van der Waals surface area (Å²) < 4.78 is 2.09. The van der Waals surface area contributed by atoms with Crippen LogP contribution in [0.4, 0.5) is 5.82 Å². The van der Waals surface area contributed by atoms with Gasteiger partial charge in [0.15, 0.2) is 0 Å². The minimum absolute atomic E-state index is 0.377.